The van der Waals surface area contributed by atoms with E-state index in [1.807, 2.05) is 18.2 Å². The van der Waals surface area contributed by atoms with Crippen LogP contribution in [0, 0.1) is 3.57 Å². The fourth-order valence-electron chi connectivity index (χ4n) is 1.89. The Hall–Kier alpha value is -0.740. The summed E-state index contributed by atoms with van der Waals surface area (Å²) >= 11 is 8.35. The van der Waals surface area contributed by atoms with Crippen LogP contribution in [0.15, 0.2) is 48.5 Å². The summed E-state index contributed by atoms with van der Waals surface area (Å²) in [6, 6.07) is 16.8. The number of anilines is 1. The van der Waals surface area contributed by atoms with Gasteiger partial charge in [0, 0.05) is 14.3 Å². The number of benzene rings is 2. The largest absolute Gasteiger partial charge is 0.378 e. The molecule has 0 saturated heterocycles. The van der Waals surface area contributed by atoms with Crippen molar-refractivity contribution in [2.45, 2.75) is 19.4 Å². The van der Waals surface area contributed by atoms with Crippen LogP contribution in [0.3, 0.4) is 0 Å². The summed E-state index contributed by atoms with van der Waals surface area (Å²) in [5.74, 6) is 0. The third-order valence-electron chi connectivity index (χ3n) is 2.84. The Morgan fingerprint density at radius 3 is 2.50 bits per heavy atom. The first-order valence-corrected chi connectivity index (χ1v) is 7.42. The van der Waals surface area contributed by atoms with Crippen molar-refractivity contribution in [3.63, 3.8) is 0 Å². The summed E-state index contributed by atoms with van der Waals surface area (Å²) in [4.78, 5) is 0. The first-order valence-electron chi connectivity index (χ1n) is 5.96. The molecule has 2 aromatic rings. The van der Waals surface area contributed by atoms with Crippen molar-refractivity contribution in [2.75, 3.05) is 5.32 Å². The zero-order chi connectivity index (χ0) is 13.0. The lowest BCUT2D eigenvalue weighted by Gasteiger charge is -2.19. The van der Waals surface area contributed by atoms with Gasteiger partial charge in [-0.25, -0.2) is 0 Å². The van der Waals surface area contributed by atoms with Crippen molar-refractivity contribution in [2.24, 2.45) is 0 Å². The Morgan fingerprint density at radius 2 is 1.89 bits per heavy atom. The van der Waals surface area contributed by atoms with Gasteiger partial charge < -0.3 is 5.32 Å². The standard InChI is InChI=1S/C15H15ClIN/c1-2-15(11-4-3-5-12(16)10-11)18-14-8-6-13(17)7-9-14/h3-10,15,18H,2H2,1H3. The first kappa shape index (κ1) is 13.7. The lowest BCUT2D eigenvalue weighted by molar-refractivity contribution is 0.749. The Bertz CT molecular complexity index is 510. The second-order valence-electron chi connectivity index (χ2n) is 4.17. The van der Waals surface area contributed by atoms with Gasteiger partial charge in [0.1, 0.15) is 0 Å². The maximum atomic E-state index is 6.04. The van der Waals surface area contributed by atoms with Crippen LogP contribution in [-0.4, -0.2) is 0 Å². The van der Waals surface area contributed by atoms with Crippen LogP contribution >= 0.6 is 34.2 Å². The predicted molar refractivity (Wildman–Crippen MR) is 87.3 cm³/mol. The van der Waals surface area contributed by atoms with Crippen LogP contribution in [0.25, 0.3) is 0 Å². The highest BCUT2D eigenvalue weighted by atomic mass is 127. The molecule has 0 spiro atoms. The predicted octanol–water partition coefficient (Wildman–Crippen LogP) is 5.51. The van der Waals surface area contributed by atoms with Gasteiger partial charge in [-0.15, -0.1) is 0 Å². The molecule has 1 nitrogen and oxygen atoms in total. The molecule has 3 heteroatoms. The molecular formula is C15H15ClIN. The summed E-state index contributed by atoms with van der Waals surface area (Å²) in [6.45, 7) is 2.17. The van der Waals surface area contributed by atoms with E-state index >= 15 is 0 Å². The van der Waals surface area contributed by atoms with Crippen molar-refractivity contribution in [1.29, 1.82) is 0 Å². The average Bonchev–Trinajstić information content (AvgIpc) is 2.38. The molecule has 94 valence electrons. The van der Waals surface area contributed by atoms with Crippen LogP contribution < -0.4 is 5.32 Å². The van der Waals surface area contributed by atoms with E-state index in [-0.39, 0.29) is 0 Å². The van der Waals surface area contributed by atoms with Gasteiger partial charge in [0.25, 0.3) is 0 Å². The number of hydrogen-bond donors (Lipinski definition) is 1. The Labute approximate surface area is 127 Å². The van der Waals surface area contributed by atoms with Gasteiger partial charge in [-0.05, 0) is 71.0 Å². The van der Waals surface area contributed by atoms with Crippen molar-refractivity contribution in [3.05, 3.63) is 62.7 Å². The molecule has 0 radical (unpaired) electrons. The van der Waals surface area contributed by atoms with Gasteiger partial charge in [0.2, 0.25) is 0 Å². The first-order chi connectivity index (χ1) is 8.69. The highest BCUT2D eigenvalue weighted by Gasteiger charge is 2.09. The Morgan fingerprint density at radius 1 is 1.17 bits per heavy atom. The number of halogens is 2. The molecule has 0 saturated carbocycles. The molecule has 1 N–H and O–H groups in total. The van der Waals surface area contributed by atoms with E-state index in [1.54, 1.807) is 0 Å². The molecule has 18 heavy (non-hydrogen) atoms. The van der Waals surface area contributed by atoms with E-state index in [2.05, 4.69) is 65.2 Å². The number of hydrogen-bond acceptors (Lipinski definition) is 1. The van der Waals surface area contributed by atoms with Crippen molar-refractivity contribution < 1.29 is 0 Å². The molecule has 0 fully saturated rings. The molecule has 0 bridgehead atoms. The molecule has 1 atom stereocenters. The molecule has 1 unspecified atom stereocenters. The Kier molecular flexibility index (Phi) is 4.89. The van der Waals surface area contributed by atoms with Gasteiger partial charge in [-0.1, -0.05) is 30.7 Å². The average molecular weight is 372 g/mol. The minimum absolute atomic E-state index is 0.295. The van der Waals surface area contributed by atoms with E-state index in [0.717, 1.165) is 17.1 Å². The van der Waals surface area contributed by atoms with Crippen LogP contribution in [0.5, 0.6) is 0 Å². The molecule has 2 aromatic carbocycles. The van der Waals surface area contributed by atoms with Crippen molar-refractivity contribution >= 4 is 39.9 Å². The SMILES string of the molecule is CCC(Nc1ccc(I)cc1)c1cccc(Cl)c1. The van der Waals surface area contributed by atoms with Crippen LogP contribution in [0.1, 0.15) is 24.9 Å². The minimum Gasteiger partial charge on any atom is -0.378 e. The third-order valence-corrected chi connectivity index (χ3v) is 3.80. The molecule has 2 rings (SSSR count). The fourth-order valence-corrected chi connectivity index (χ4v) is 2.45. The van der Waals surface area contributed by atoms with Gasteiger partial charge in [-0.3, -0.25) is 0 Å². The summed E-state index contributed by atoms with van der Waals surface area (Å²) in [5, 5.41) is 4.32. The van der Waals surface area contributed by atoms with Gasteiger partial charge in [0.15, 0.2) is 0 Å². The highest BCUT2D eigenvalue weighted by molar-refractivity contribution is 14.1. The number of nitrogens with one attached hydrogen (secondary N) is 1. The zero-order valence-electron chi connectivity index (χ0n) is 10.2. The third kappa shape index (κ3) is 3.62. The second kappa shape index (κ2) is 6.43. The smallest absolute Gasteiger partial charge is 0.0511 e. The molecule has 0 aliphatic rings. The summed E-state index contributed by atoms with van der Waals surface area (Å²) in [7, 11) is 0. The van der Waals surface area contributed by atoms with Crippen molar-refractivity contribution in [3.8, 4) is 0 Å². The van der Waals surface area contributed by atoms with Gasteiger partial charge in [0.05, 0.1) is 6.04 Å². The van der Waals surface area contributed by atoms with Gasteiger partial charge in [-0.2, -0.15) is 0 Å². The van der Waals surface area contributed by atoms with E-state index in [4.69, 9.17) is 11.6 Å². The van der Waals surface area contributed by atoms with Gasteiger partial charge >= 0.3 is 0 Å². The van der Waals surface area contributed by atoms with E-state index < -0.39 is 0 Å². The van der Waals surface area contributed by atoms with E-state index in [9.17, 15) is 0 Å². The molecule has 0 aliphatic carbocycles. The van der Waals surface area contributed by atoms with Crippen molar-refractivity contribution in [1.82, 2.24) is 0 Å². The fraction of sp³-hybridized carbons (Fsp3) is 0.200. The summed E-state index contributed by atoms with van der Waals surface area (Å²) in [6.07, 6.45) is 1.02. The molecular weight excluding hydrogens is 357 g/mol. The molecule has 0 heterocycles. The molecule has 0 amide bonds. The molecule has 0 aliphatic heterocycles. The zero-order valence-corrected chi connectivity index (χ0v) is 13.1. The lowest BCUT2D eigenvalue weighted by atomic mass is 10.0. The van der Waals surface area contributed by atoms with Crippen LogP contribution in [0.2, 0.25) is 5.02 Å². The molecule has 0 aromatic heterocycles. The summed E-state index contributed by atoms with van der Waals surface area (Å²) in [5.41, 5.74) is 2.37. The highest BCUT2D eigenvalue weighted by Crippen LogP contribution is 2.25. The van der Waals surface area contributed by atoms with E-state index in [0.29, 0.717) is 6.04 Å². The van der Waals surface area contributed by atoms with E-state index in [1.165, 1.54) is 9.13 Å². The monoisotopic (exact) mass is 371 g/mol. The second-order valence-corrected chi connectivity index (χ2v) is 5.85. The quantitative estimate of drug-likeness (QED) is 0.699. The minimum atomic E-state index is 0.295. The maximum Gasteiger partial charge on any atom is 0.0511 e. The number of rotatable bonds is 4. The van der Waals surface area contributed by atoms with Crippen LogP contribution in [0.4, 0.5) is 5.69 Å². The lowest BCUT2D eigenvalue weighted by Crippen LogP contribution is -2.09. The Balaban J connectivity index is 2.17. The topological polar surface area (TPSA) is 12.0 Å². The normalized spacial score (nSPS) is 12.2. The van der Waals surface area contributed by atoms with Crippen LogP contribution in [-0.2, 0) is 0 Å². The summed E-state index contributed by atoms with van der Waals surface area (Å²) < 4.78 is 1.24. The maximum absolute atomic E-state index is 6.04.